The molecule has 3 heterocycles. The Morgan fingerprint density at radius 2 is 1.96 bits per heavy atom. The molecule has 1 fully saturated rings. The van der Waals surface area contributed by atoms with Crippen LogP contribution in [0.4, 0.5) is 5.69 Å². The number of hydrogen-bond acceptors (Lipinski definition) is 4. The molecule has 0 N–H and O–H groups in total. The normalized spacial score (nSPS) is 15.5. The lowest BCUT2D eigenvalue weighted by atomic mass is 10.3. The molecule has 6 heteroatoms. The molecule has 0 radical (unpaired) electrons. The van der Waals surface area contributed by atoms with Crippen molar-refractivity contribution in [1.29, 1.82) is 0 Å². The quantitative estimate of drug-likeness (QED) is 0.864. The van der Waals surface area contributed by atoms with Crippen molar-refractivity contribution in [3.05, 3.63) is 41.7 Å². The van der Waals surface area contributed by atoms with E-state index >= 15 is 0 Å². The number of aromatic nitrogens is 3. The summed E-state index contributed by atoms with van der Waals surface area (Å²) in [6.45, 7) is 9.75. The number of rotatable bonds is 3. The van der Waals surface area contributed by atoms with Crippen LogP contribution in [-0.2, 0) is 11.3 Å². The summed E-state index contributed by atoms with van der Waals surface area (Å²) in [6.07, 6.45) is 4.59. The van der Waals surface area contributed by atoms with Gasteiger partial charge in [-0.25, -0.2) is 4.98 Å². The average Bonchev–Trinajstić information content (AvgIpc) is 2.79. The zero-order valence-electron chi connectivity index (χ0n) is 14.7. The van der Waals surface area contributed by atoms with Gasteiger partial charge in [-0.1, -0.05) is 0 Å². The van der Waals surface area contributed by atoms with Crippen LogP contribution in [0.25, 0.3) is 0 Å². The fourth-order valence-corrected chi connectivity index (χ4v) is 3.10. The van der Waals surface area contributed by atoms with Gasteiger partial charge in [-0.15, -0.1) is 0 Å². The highest BCUT2D eigenvalue weighted by atomic mass is 16.2. The second-order valence-electron chi connectivity index (χ2n) is 6.42. The SMILES string of the molecule is Cc1cc(N2CCCN(C(=O)Cn3cnc(C)c3C)CC2)ccn1. The molecule has 0 aromatic carbocycles. The molecular formula is C18H25N5O. The number of amides is 1. The first-order chi connectivity index (χ1) is 11.5. The van der Waals surface area contributed by atoms with Crippen molar-refractivity contribution in [2.45, 2.75) is 33.7 Å². The first kappa shape index (κ1) is 16.5. The smallest absolute Gasteiger partial charge is 0.242 e. The number of nitrogens with zero attached hydrogens (tertiary/aromatic N) is 5. The van der Waals surface area contributed by atoms with Crippen LogP contribution in [0.5, 0.6) is 0 Å². The zero-order chi connectivity index (χ0) is 17.1. The summed E-state index contributed by atoms with van der Waals surface area (Å²) in [5, 5.41) is 0. The molecule has 0 spiro atoms. The highest BCUT2D eigenvalue weighted by Gasteiger charge is 2.20. The molecule has 2 aromatic rings. The fraction of sp³-hybridized carbons (Fsp3) is 0.500. The minimum absolute atomic E-state index is 0.170. The molecule has 0 atom stereocenters. The first-order valence-electron chi connectivity index (χ1n) is 8.48. The predicted octanol–water partition coefficient (Wildman–Crippen LogP) is 1.94. The third-order valence-electron chi connectivity index (χ3n) is 4.74. The van der Waals surface area contributed by atoms with Crippen LogP contribution in [0.2, 0.25) is 0 Å². The Balaban J connectivity index is 1.62. The number of pyridine rings is 1. The summed E-state index contributed by atoms with van der Waals surface area (Å²) in [4.78, 5) is 25.5. The number of anilines is 1. The Bertz CT molecular complexity index is 724. The van der Waals surface area contributed by atoms with Gasteiger partial charge in [0.2, 0.25) is 5.91 Å². The summed E-state index contributed by atoms with van der Waals surface area (Å²) >= 11 is 0. The largest absolute Gasteiger partial charge is 0.370 e. The summed E-state index contributed by atoms with van der Waals surface area (Å²) in [5.74, 6) is 0.170. The molecule has 6 nitrogen and oxygen atoms in total. The van der Waals surface area contributed by atoms with Crippen molar-refractivity contribution >= 4 is 11.6 Å². The second-order valence-corrected chi connectivity index (χ2v) is 6.42. The monoisotopic (exact) mass is 327 g/mol. The molecule has 24 heavy (non-hydrogen) atoms. The standard InChI is InChI=1S/C18H25N5O/c1-14-11-17(5-6-19-14)21-7-4-8-22(10-9-21)18(24)12-23-13-20-15(2)16(23)3/h5-6,11,13H,4,7-10,12H2,1-3H3. The molecule has 128 valence electrons. The molecule has 2 aromatic heterocycles. The third kappa shape index (κ3) is 3.58. The van der Waals surface area contributed by atoms with Gasteiger partial charge in [0.15, 0.2) is 0 Å². The number of carbonyl (C=O) groups excluding carboxylic acids is 1. The Morgan fingerprint density at radius 3 is 2.67 bits per heavy atom. The van der Waals surface area contributed by atoms with E-state index in [1.165, 1.54) is 5.69 Å². The maximum absolute atomic E-state index is 12.6. The molecule has 1 amide bonds. The van der Waals surface area contributed by atoms with Gasteiger partial charge in [0.1, 0.15) is 6.54 Å². The maximum Gasteiger partial charge on any atom is 0.242 e. The van der Waals surface area contributed by atoms with Gasteiger partial charge < -0.3 is 14.4 Å². The number of imidazole rings is 1. The molecular weight excluding hydrogens is 302 g/mol. The lowest BCUT2D eigenvalue weighted by Crippen LogP contribution is -2.37. The minimum Gasteiger partial charge on any atom is -0.370 e. The number of aryl methyl sites for hydroxylation is 2. The van der Waals surface area contributed by atoms with E-state index < -0.39 is 0 Å². The van der Waals surface area contributed by atoms with E-state index in [1.807, 2.05) is 42.5 Å². The lowest BCUT2D eigenvalue weighted by molar-refractivity contribution is -0.131. The van der Waals surface area contributed by atoms with Gasteiger partial charge in [-0.2, -0.15) is 0 Å². The highest BCUT2D eigenvalue weighted by molar-refractivity contribution is 5.76. The van der Waals surface area contributed by atoms with Gasteiger partial charge in [0, 0.05) is 49.5 Å². The maximum atomic E-state index is 12.6. The Labute approximate surface area is 143 Å². The third-order valence-corrected chi connectivity index (χ3v) is 4.74. The molecule has 0 aliphatic carbocycles. The van der Waals surface area contributed by atoms with E-state index in [1.54, 1.807) is 6.33 Å². The first-order valence-corrected chi connectivity index (χ1v) is 8.48. The summed E-state index contributed by atoms with van der Waals surface area (Å²) in [6, 6.07) is 4.15. The van der Waals surface area contributed by atoms with Crippen molar-refractivity contribution in [1.82, 2.24) is 19.4 Å². The minimum atomic E-state index is 0.170. The van der Waals surface area contributed by atoms with Gasteiger partial charge in [0.05, 0.1) is 12.0 Å². The van der Waals surface area contributed by atoms with E-state index in [-0.39, 0.29) is 5.91 Å². The summed E-state index contributed by atoms with van der Waals surface area (Å²) < 4.78 is 1.94. The van der Waals surface area contributed by atoms with Gasteiger partial charge in [0.25, 0.3) is 0 Å². The summed E-state index contributed by atoms with van der Waals surface area (Å²) in [5.41, 5.74) is 4.26. The predicted molar refractivity (Wildman–Crippen MR) is 94.1 cm³/mol. The van der Waals surface area contributed by atoms with Gasteiger partial charge in [-0.05, 0) is 39.3 Å². The number of carbonyl (C=O) groups is 1. The topological polar surface area (TPSA) is 54.3 Å². The van der Waals surface area contributed by atoms with Crippen molar-refractivity contribution in [2.75, 3.05) is 31.1 Å². The van der Waals surface area contributed by atoms with E-state index in [0.717, 1.165) is 49.7 Å². The van der Waals surface area contributed by atoms with E-state index in [4.69, 9.17) is 0 Å². The van der Waals surface area contributed by atoms with Crippen LogP contribution < -0.4 is 4.90 Å². The highest BCUT2D eigenvalue weighted by Crippen LogP contribution is 2.17. The van der Waals surface area contributed by atoms with Crippen LogP contribution in [-0.4, -0.2) is 51.5 Å². The molecule has 1 aliphatic heterocycles. The molecule has 1 aliphatic rings. The van der Waals surface area contributed by atoms with Crippen LogP contribution >= 0.6 is 0 Å². The fourth-order valence-electron chi connectivity index (χ4n) is 3.10. The van der Waals surface area contributed by atoms with E-state index in [0.29, 0.717) is 6.54 Å². The van der Waals surface area contributed by atoms with Crippen molar-refractivity contribution < 1.29 is 4.79 Å². The molecule has 0 unspecified atom stereocenters. The van der Waals surface area contributed by atoms with Gasteiger partial charge >= 0.3 is 0 Å². The van der Waals surface area contributed by atoms with Crippen molar-refractivity contribution in [3.8, 4) is 0 Å². The van der Waals surface area contributed by atoms with Crippen LogP contribution in [0, 0.1) is 20.8 Å². The Morgan fingerprint density at radius 1 is 1.12 bits per heavy atom. The van der Waals surface area contributed by atoms with E-state index in [9.17, 15) is 4.79 Å². The molecule has 3 rings (SSSR count). The van der Waals surface area contributed by atoms with Gasteiger partial charge in [-0.3, -0.25) is 9.78 Å². The van der Waals surface area contributed by atoms with Crippen molar-refractivity contribution in [3.63, 3.8) is 0 Å². The van der Waals surface area contributed by atoms with Crippen molar-refractivity contribution in [2.24, 2.45) is 0 Å². The van der Waals surface area contributed by atoms with E-state index in [2.05, 4.69) is 20.9 Å². The second kappa shape index (κ2) is 7.03. The Kier molecular flexibility index (Phi) is 4.83. The lowest BCUT2D eigenvalue weighted by Gasteiger charge is -2.24. The Hall–Kier alpha value is -2.37. The van der Waals surface area contributed by atoms with Crippen LogP contribution in [0.3, 0.4) is 0 Å². The molecule has 1 saturated heterocycles. The molecule has 0 saturated carbocycles. The zero-order valence-corrected chi connectivity index (χ0v) is 14.7. The number of hydrogen-bond donors (Lipinski definition) is 0. The van der Waals surface area contributed by atoms with Crippen LogP contribution in [0.15, 0.2) is 24.7 Å². The summed E-state index contributed by atoms with van der Waals surface area (Å²) in [7, 11) is 0. The van der Waals surface area contributed by atoms with Crippen LogP contribution in [0.1, 0.15) is 23.5 Å². The molecule has 0 bridgehead atoms. The average molecular weight is 327 g/mol.